The van der Waals surface area contributed by atoms with E-state index in [0.717, 1.165) is 16.2 Å². The van der Waals surface area contributed by atoms with E-state index in [2.05, 4.69) is 15.6 Å². The number of carbonyl (C=O) groups is 5. The highest BCUT2D eigenvalue weighted by atomic mass is 32.1. The lowest BCUT2D eigenvalue weighted by molar-refractivity contribution is -0.137. The van der Waals surface area contributed by atoms with E-state index in [1.807, 2.05) is 6.07 Å². The molecule has 0 unspecified atom stereocenters. The number of benzene rings is 1. The number of ether oxygens (including phenoxy) is 1. The molecule has 1 aliphatic heterocycles. The number of thiazole rings is 1. The summed E-state index contributed by atoms with van der Waals surface area (Å²) in [5.74, 6) is -2.68. The maximum Gasteiger partial charge on any atom is 0.410 e. The number of aromatic carboxylic acids is 1. The van der Waals surface area contributed by atoms with Gasteiger partial charge in [-0.2, -0.15) is 0 Å². The van der Waals surface area contributed by atoms with Gasteiger partial charge in [-0.25, -0.2) is 14.6 Å². The summed E-state index contributed by atoms with van der Waals surface area (Å²) in [4.78, 5) is 69.2. The van der Waals surface area contributed by atoms with Gasteiger partial charge in [0.2, 0.25) is 22.7 Å². The fraction of sp³-hybridized carbons (Fsp3) is 0.462. The van der Waals surface area contributed by atoms with Crippen LogP contribution in [-0.2, 0) is 19.1 Å². The zero-order chi connectivity index (χ0) is 28.9. The minimum absolute atomic E-state index is 0.170. The SMILES string of the molecule is C[C@@H](C(=O)NCC(=O)N1CCC[C@H]1C(=O)Nc1sc(C(=O)O)nc1-c1ccccc1)N(C)C(=O)OC(C)(C)C. The van der Waals surface area contributed by atoms with Crippen molar-refractivity contribution in [2.45, 2.75) is 58.2 Å². The normalized spacial score (nSPS) is 15.8. The molecule has 39 heavy (non-hydrogen) atoms. The van der Waals surface area contributed by atoms with Crippen LogP contribution in [0.15, 0.2) is 30.3 Å². The lowest BCUT2D eigenvalue weighted by Gasteiger charge is -2.28. The van der Waals surface area contributed by atoms with Crippen molar-refractivity contribution >= 4 is 46.1 Å². The van der Waals surface area contributed by atoms with Crippen LogP contribution in [0.4, 0.5) is 9.80 Å². The van der Waals surface area contributed by atoms with Crippen LogP contribution >= 0.6 is 11.3 Å². The van der Waals surface area contributed by atoms with Gasteiger partial charge in [0.1, 0.15) is 28.4 Å². The summed E-state index contributed by atoms with van der Waals surface area (Å²) in [6.45, 7) is 6.64. The van der Waals surface area contributed by atoms with Gasteiger partial charge in [0.25, 0.3) is 0 Å². The van der Waals surface area contributed by atoms with E-state index in [0.29, 0.717) is 30.6 Å². The molecule has 13 heteroatoms. The number of nitrogens with one attached hydrogen (secondary N) is 2. The summed E-state index contributed by atoms with van der Waals surface area (Å²) < 4.78 is 5.27. The molecule has 1 fully saturated rings. The van der Waals surface area contributed by atoms with Crippen molar-refractivity contribution in [3.63, 3.8) is 0 Å². The molecule has 2 aromatic rings. The Kier molecular flexibility index (Phi) is 9.28. The van der Waals surface area contributed by atoms with Gasteiger partial charge in [-0.3, -0.25) is 19.3 Å². The maximum absolute atomic E-state index is 13.2. The molecule has 210 valence electrons. The van der Waals surface area contributed by atoms with E-state index < -0.39 is 47.5 Å². The molecule has 0 bridgehead atoms. The molecule has 3 N–H and O–H groups in total. The van der Waals surface area contributed by atoms with Crippen LogP contribution in [0.2, 0.25) is 0 Å². The second kappa shape index (κ2) is 12.2. The molecule has 0 saturated carbocycles. The summed E-state index contributed by atoms with van der Waals surface area (Å²) in [5.41, 5.74) is 0.251. The standard InChI is InChI=1S/C26H33N5O7S/c1-15(30(5)25(37)38-26(2,3)4)20(33)27-14-18(32)31-13-9-12-17(31)21(34)29-22-19(16-10-7-6-8-11-16)28-23(39-22)24(35)36/h6-8,10-11,15,17H,9,12-14H2,1-5H3,(H,27,33)(H,29,34)(H,35,36)/t15-,17-/m0/s1. The molecule has 0 spiro atoms. The van der Waals surface area contributed by atoms with E-state index >= 15 is 0 Å². The largest absolute Gasteiger partial charge is 0.476 e. The van der Waals surface area contributed by atoms with Gasteiger partial charge in [-0.05, 0) is 40.5 Å². The number of hydrogen-bond donors (Lipinski definition) is 3. The number of anilines is 1. The molecular weight excluding hydrogens is 526 g/mol. The van der Waals surface area contributed by atoms with Crippen molar-refractivity contribution < 1.29 is 33.8 Å². The Balaban J connectivity index is 1.64. The number of carboxylic acids is 1. The van der Waals surface area contributed by atoms with Crippen molar-refractivity contribution in [2.24, 2.45) is 0 Å². The first-order valence-electron chi connectivity index (χ1n) is 12.4. The Bertz CT molecular complexity index is 1240. The topological polar surface area (TPSA) is 158 Å². The summed E-state index contributed by atoms with van der Waals surface area (Å²) in [6, 6.07) is 7.18. The zero-order valence-electron chi connectivity index (χ0n) is 22.5. The van der Waals surface area contributed by atoms with E-state index in [1.54, 1.807) is 45.0 Å². The van der Waals surface area contributed by atoms with Crippen LogP contribution in [0.25, 0.3) is 11.3 Å². The van der Waals surface area contributed by atoms with Crippen LogP contribution in [0.1, 0.15) is 50.3 Å². The first-order valence-corrected chi connectivity index (χ1v) is 13.2. The molecule has 4 amide bonds. The number of aromatic nitrogens is 1. The molecule has 2 atom stereocenters. The molecule has 0 aliphatic carbocycles. The molecular formula is C26H33N5O7S. The van der Waals surface area contributed by atoms with Crippen molar-refractivity contribution in [3.05, 3.63) is 35.3 Å². The smallest absolute Gasteiger partial charge is 0.410 e. The average molecular weight is 560 g/mol. The minimum atomic E-state index is -1.21. The van der Waals surface area contributed by atoms with Crippen LogP contribution in [-0.4, -0.2) is 87.5 Å². The Morgan fingerprint density at radius 1 is 1.21 bits per heavy atom. The van der Waals surface area contributed by atoms with E-state index in [4.69, 9.17) is 4.74 Å². The number of amides is 4. The number of carboxylic acid groups (broad SMARTS) is 1. The van der Waals surface area contributed by atoms with Gasteiger partial charge >= 0.3 is 12.1 Å². The number of likely N-dealkylation sites (N-methyl/N-ethyl adjacent to an activating group) is 1. The second-order valence-corrected chi connectivity index (χ2v) is 11.1. The fourth-order valence-corrected chi connectivity index (χ4v) is 4.73. The maximum atomic E-state index is 13.2. The average Bonchev–Trinajstić information content (AvgIpc) is 3.53. The Morgan fingerprint density at radius 3 is 2.49 bits per heavy atom. The van der Waals surface area contributed by atoms with Gasteiger partial charge < -0.3 is 25.4 Å². The third-order valence-electron chi connectivity index (χ3n) is 6.03. The third-order valence-corrected chi connectivity index (χ3v) is 6.98. The first kappa shape index (κ1) is 29.6. The predicted octanol–water partition coefficient (Wildman–Crippen LogP) is 2.81. The van der Waals surface area contributed by atoms with E-state index in [-0.39, 0.29) is 16.6 Å². The van der Waals surface area contributed by atoms with Gasteiger partial charge in [-0.1, -0.05) is 41.7 Å². The van der Waals surface area contributed by atoms with Gasteiger partial charge in [0.05, 0.1) is 6.54 Å². The fourth-order valence-electron chi connectivity index (χ4n) is 3.90. The number of nitrogens with zero attached hydrogens (tertiary/aromatic N) is 3. The van der Waals surface area contributed by atoms with Crippen molar-refractivity contribution in [2.75, 3.05) is 25.5 Å². The number of rotatable bonds is 8. The summed E-state index contributed by atoms with van der Waals surface area (Å²) in [7, 11) is 1.43. The first-order chi connectivity index (χ1) is 18.3. The van der Waals surface area contributed by atoms with Gasteiger partial charge in [0, 0.05) is 19.2 Å². The molecule has 1 aromatic heterocycles. The third kappa shape index (κ3) is 7.53. The number of carbonyl (C=O) groups excluding carboxylic acids is 4. The lowest BCUT2D eigenvalue weighted by Crippen LogP contribution is -2.51. The quantitative estimate of drug-likeness (QED) is 0.445. The Hall–Kier alpha value is -4.00. The number of likely N-dealkylation sites (tertiary alicyclic amines) is 1. The van der Waals surface area contributed by atoms with E-state index in [9.17, 15) is 29.1 Å². The minimum Gasteiger partial charge on any atom is -0.476 e. The molecule has 1 aromatic carbocycles. The zero-order valence-corrected chi connectivity index (χ0v) is 23.3. The van der Waals surface area contributed by atoms with Crippen LogP contribution in [0.3, 0.4) is 0 Å². The summed E-state index contributed by atoms with van der Waals surface area (Å²) in [5, 5.41) is 14.8. The summed E-state index contributed by atoms with van der Waals surface area (Å²) >= 11 is 0.839. The highest BCUT2D eigenvalue weighted by Gasteiger charge is 2.35. The monoisotopic (exact) mass is 559 g/mol. The van der Waals surface area contributed by atoms with Crippen molar-refractivity contribution in [1.29, 1.82) is 0 Å². The van der Waals surface area contributed by atoms with E-state index in [1.165, 1.54) is 18.9 Å². The summed E-state index contributed by atoms with van der Waals surface area (Å²) in [6.07, 6.45) is 0.329. The van der Waals surface area contributed by atoms with Crippen molar-refractivity contribution in [1.82, 2.24) is 20.1 Å². The van der Waals surface area contributed by atoms with Gasteiger partial charge in [0.15, 0.2) is 0 Å². The lowest BCUT2D eigenvalue weighted by atomic mass is 10.1. The highest BCUT2D eigenvalue weighted by molar-refractivity contribution is 7.18. The molecule has 0 radical (unpaired) electrons. The second-order valence-electron chi connectivity index (χ2n) is 10.1. The number of hydrogen-bond acceptors (Lipinski definition) is 8. The van der Waals surface area contributed by atoms with Crippen LogP contribution < -0.4 is 10.6 Å². The van der Waals surface area contributed by atoms with Crippen LogP contribution in [0, 0.1) is 0 Å². The van der Waals surface area contributed by atoms with Crippen LogP contribution in [0.5, 0.6) is 0 Å². The Morgan fingerprint density at radius 2 is 1.87 bits per heavy atom. The molecule has 12 nitrogen and oxygen atoms in total. The molecule has 1 aliphatic rings. The molecule has 3 rings (SSSR count). The predicted molar refractivity (Wildman–Crippen MR) is 144 cm³/mol. The highest BCUT2D eigenvalue weighted by Crippen LogP contribution is 2.34. The van der Waals surface area contributed by atoms with Crippen molar-refractivity contribution in [3.8, 4) is 11.3 Å². The molecule has 2 heterocycles. The Labute approximate surface area is 230 Å². The molecule has 1 saturated heterocycles. The van der Waals surface area contributed by atoms with Gasteiger partial charge in [-0.15, -0.1) is 0 Å².